The summed E-state index contributed by atoms with van der Waals surface area (Å²) in [6.45, 7) is 3.10. The summed E-state index contributed by atoms with van der Waals surface area (Å²) in [5, 5.41) is 8.53. The Morgan fingerprint density at radius 3 is 1.57 bits per heavy atom. The molecule has 0 unspecified atom stereocenters. The van der Waals surface area contributed by atoms with Gasteiger partial charge in [-0.3, -0.25) is 4.18 Å². The summed E-state index contributed by atoms with van der Waals surface area (Å²) in [4.78, 5) is 0. The topological polar surface area (TPSA) is 82.1 Å². The minimum Gasteiger partial charge on any atom is -0.396 e. The maximum Gasteiger partial charge on any atom is 0.264 e. The van der Waals surface area contributed by atoms with E-state index in [2.05, 4.69) is 4.18 Å². The van der Waals surface area contributed by atoms with Crippen LogP contribution in [-0.2, 0) is 37.0 Å². The van der Waals surface area contributed by atoms with Crippen LogP contribution in [0.3, 0.4) is 0 Å². The molecule has 0 heterocycles. The molecule has 0 saturated heterocycles. The molecule has 6 nitrogen and oxygen atoms in total. The molecule has 2 aromatic rings. The zero-order valence-electron chi connectivity index (χ0n) is 17.7. The summed E-state index contributed by atoms with van der Waals surface area (Å²) in [5.41, 5.74) is 2.34. The maximum absolute atomic E-state index is 10.7. The van der Waals surface area contributed by atoms with Crippen LogP contribution in [-0.4, -0.2) is 46.2 Å². The van der Waals surface area contributed by atoms with Gasteiger partial charge in [-0.05, 0) is 36.8 Å². The van der Waals surface area contributed by atoms with Gasteiger partial charge in [0.05, 0.1) is 26.1 Å². The lowest BCUT2D eigenvalue weighted by Gasteiger charge is -2.04. The lowest BCUT2D eigenvalue weighted by molar-refractivity contribution is 0.112. The monoisotopic (exact) mass is 438 g/mol. The summed E-state index contributed by atoms with van der Waals surface area (Å²) in [6, 6.07) is 20.0. The van der Waals surface area contributed by atoms with Crippen LogP contribution >= 0.6 is 0 Å². The van der Waals surface area contributed by atoms with E-state index in [0.29, 0.717) is 26.2 Å². The van der Waals surface area contributed by atoms with Crippen LogP contribution in [0.4, 0.5) is 0 Å². The number of benzene rings is 2. The Hall–Kier alpha value is -1.77. The van der Waals surface area contributed by atoms with Crippen molar-refractivity contribution in [3.05, 3.63) is 71.8 Å². The molecule has 168 valence electrons. The molecular weight excluding hydrogens is 404 g/mol. The van der Waals surface area contributed by atoms with E-state index in [1.807, 2.05) is 60.7 Å². The normalized spacial score (nSPS) is 11.0. The third-order valence-electron chi connectivity index (χ3n) is 3.90. The average molecular weight is 439 g/mol. The third kappa shape index (κ3) is 16.1. The highest BCUT2D eigenvalue weighted by Crippen LogP contribution is 2.02. The lowest BCUT2D eigenvalue weighted by atomic mass is 10.2. The summed E-state index contributed by atoms with van der Waals surface area (Å²) >= 11 is 0. The van der Waals surface area contributed by atoms with Gasteiger partial charge in [-0.15, -0.1) is 0 Å². The number of hydrogen-bond acceptors (Lipinski definition) is 6. The fourth-order valence-corrected chi connectivity index (χ4v) is 2.78. The van der Waals surface area contributed by atoms with Gasteiger partial charge in [0.2, 0.25) is 0 Å². The number of hydrogen-bond donors (Lipinski definition) is 1. The van der Waals surface area contributed by atoms with E-state index in [0.717, 1.165) is 37.7 Å². The van der Waals surface area contributed by atoms with Crippen molar-refractivity contribution in [2.24, 2.45) is 0 Å². The van der Waals surface area contributed by atoms with Gasteiger partial charge in [0.25, 0.3) is 10.1 Å². The average Bonchev–Trinajstić information content (AvgIpc) is 2.74. The van der Waals surface area contributed by atoms with Crippen LogP contribution in [0.2, 0.25) is 0 Å². The molecule has 0 aliphatic rings. The summed E-state index contributed by atoms with van der Waals surface area (Å²) in [7, 11) is -3.30. The summed E-state index contributed by atoms with van der Waals surface area (Å²) < 4.78 is 36.8. The number of aliphatic hydroxyl groups is 1. The minimum atomic E-state index is -3.30. The zero-order valence-corrected chi connectivity index (χ0v) is 18.6. The van der Waals surface area contributed by atoms with E-state index in [4.69, 9.17) is 14.6 Å². The van der Waals surface area contributed by atoms with Crippen molar-refractivity contribution >= 4 is 10.1 Å². The lowest BCUT2D eigenvalue weighted by Crippen LogP contribution is -2.05. The molecule has 2 rings (SSSR count). The Labute approximate surface area is 180 Å². The van der Waals surface area contributed by atoms with Crippen LogP contribution < -0.4 is 0 Å². The highest BCUT2D eigenvalue weighted by atomic mass is 32.2. The van der Waals surface area contributed by atoms with Crippen molar-refractivity contribution in [2.45, 2.75) is 38.9 Å². The number of ether oxygens (including phenoxy) is 2. The smallest absolute Gasteiger partial charge is 0.264 e. The molecule has 0 fully saturated rings. The van der Waals surface area contributed by atoms with Gasteiger partial charge >= 0.3 is 0 Å². The van der Waals surface area contributed by atoms with Gasteiger partial charge in [0, 0.05) is 19.8 Å². The Balaban J connectivity index is 0.000000311. The standard InChI is InChI=1S/C12H18O4S.C11H16O2/c1-17(13,14)16-10-6-5-9-15-11-12-7-3-2-4-8-12;12-8-4-5-9-13-10-11-6-2-1-3-7-11/h2-4,7-8H,5-6,9-11H2,1H3;1-3,6-7,12H,4-5,8-10H2. The minimum absolute atomic E-state index is 0.230. The molecule has 7 heteroatoms. The summed E-state index contributed by atoms with van der Waals surface area (Å²) in [6.07, 6.45) is 4.29. The van der Waals surface area contributed by atoms with Crippen LogP contribution in [0.25, 0.3) is 0 Å². The fraction of sp³-hybridized carbons (Fsp3) is 0.478. The Morgan fingerprint density at radius 1 is 0.700 bits per heavy atom. The first kappa shape index (κ1) is 26.3. The molecule has 0 aliphatic carbocycles. The van der Waals surface area contributed by atoms with E-state index in [-0.39, 0.29) is 13.2 Å². The van der Waals surface area contributed by atoms with Gasteiger partial charge in [0.1, 0.15) is 0 Å². The predicted octanol–water partition coefficient (Wildman–Crippen LogP) is 3.94. The molecule has 0 amide bonds. The van der Waals surface area contributed by atoms with Gasteiger partial charge in [-0.1, -0.05) is 60.7 Å². The Morgan fingerprint density at radius 2 is 1.13 bits per heavy atom. The Bertz CT molecular complexity index is 735. The van der Waals surface area contributed by atoms with E-state index < -0.39 is 10.1 Å². The van der Waals surface area contributed by atoms with Crippen molar-refractivity contribution in [3.8, 4) is 0 Å². The second-order valence-corrected chi connectivity index (χ2v) is 8.38. The molecule has 0 radical (unpaired) electrons. The second-order valence-electron chi connectivity index (χ2n) is 6.74. The molecule has 1 N–H and O–H groups in total. The van der Waals surface area contributed by atoms with Gasteiger partial charge < -0.3 is 14.6 Å². The number of unbranched alkanes of at least 4 members (excludes halogenated alkanes) is 2. The predicted molar refractivity (Wildman–Crippen MR) is 119 cm³/mol. The van der Waals surface area contributed by atoms with E-state index in [1.54, 1.807) is 0 Å². The second kappa shape index (κ2) is 17.0. The molecule has 0 saturated carbocycles. The first-order valence-electron chi connectivity index (χ1n) is 10.2. The first-order valence-corrected chi connectivity index (χ1v) is 12.0. The highest BCUT2D eigenvalue weighted by molar-refractivity contribution is 7.85. The third-order valence-corrected chi connectivity index (χ3v) is 4.50. The number of rotatable bonds is 14. The highest BCUT2D eigenvalue weighted by Gasteiger charge is 2.00. The fourth-order valence-electron chi connectivity index (χ4n) is 2.36. The van der Waals surface area contributed by atoms with Crippen molar-refractivity contribution in [1.82, 2.24) is 0 Å². The van der Waals surface area contributed by atoms with E-state index >= 15 is 0 Å². The summed E-state index contributed by atoms with van der Waals surface area (Å²) in [5.74, 6) is 0. The first-order chi connectivity index (χ1) is 14.5. The molecule has 0 spiro atoms. The molecule has 2 aromatic carbocycles. The molecule has 0 aromatic heterocycles. The van der Waals surface area contributed by atoms with Crippen LogP contribution in [0.1, 0.15) is 36.8 Å². The maximum atomic E-state index is 10.7. The van der Waals surface area contributed by atoms with Crippen LogP contribution in [0.15, 0.2) is 60.7 Å². The van der Waals surface area contributed by atoms with E-state index in [9.17, 15) is 8.42 Å². The van der Waals surface area contributed by atoms with Crippen LogP contribution in [0.5, 0.6) is 0 Å². The van der Waals surface area contributed by atoms with Gasteiger partial charge in [-0.2, -0.15) is 8.42 Å². The zero-order chi connectivity index (χ0) is 21.9. The molecule has 0 aliphatic heterocycles. The van der Waals surface area contributed by atoms with Gasteiger partial charge in [-0.25, -0.2) is 0 Å². The van der Waals surface area contributed by atoms with Crippen LogP contribution in [0, 0.1) is 0 Å². The SMILES string of the molecule is CS(=O)(=O)OCCCCOCc1ccccc1.OCCCCOCc1ccccc1. The Kier molecular flexibility index (Phi) is 14.9. The molecule has 30 heavy (non-hydrogen) atoms. The molecule has 0 bridgehead atoms. The van der Waals surface area contributed by atoms with Crippen molar-refractivity contribution in [1.29, 1.82) is 0 Å². The quantitative estimate of drug-likeness (QED) is 0.355. The largest absolute Gasteiger partial charge is 0.396 e. The van der Waals surface area contributed by atoms with Crippen molar-refractivity contribution < 1.29 is 27.2 Å². The molecular formula is C23H34O6S. The van der Waals surface area contributed by atoms with Crippen molar-refractivity contribution in [2.75, 3.05) is 32.7 Å². The van der Waals surface area contributed by atoms with Crippen molar-refractivity contribution in [3.63, 3.8) is 0 Å². The molecule has 0 atom stereocenters. The number of aliphatic hydroxyl groups excluding tert-OH is 1. The van der Waals surface area contributed by atoms with Gasteiger partial charge in [0.15, 0.2) is 0 Å². The van der Waals surface area contributed by atoms with E-state index in [1.165, 1.54) is 5.56 Å².